The van der Waals surface area contributed by atoms with Crippen LogP contribution in [0.4, 0.5) is 4.79 Å². The Bertz CT molecular complexity index is 1010. The summed E-state index contributed by atoms with van der Waals surface area (Å²) in [6.07, 6.45) is 9.04. The minimum absolute atomic E-state index is 0.266. The molecule has 6 nitrogen and oxygen atoms in total. The first-order chi connectivity index (χ1) is 15.1. The van der Waals surface area contributed by atoms with Crippen LogP contribution in [0.15, 0.2) is 60.1 Å². The number of aryl methyl sites for hydroxylation is 4. The molecule has 1 aliphatic heterocycles. The lowest BCUT2D eigenvalue weighted by molar-refractivity contribution is 0.143. The highest BCUT2D eigenvalue weighted by Crippen LogP contribution is 2.29. The molecule has 3 heterocycles. The average Bonchev–Trinajstić information content (AvgIpc) is 3.19. The van der Waals surface area contributed by atoms with Gasteiger partial charge in [0.05, 0.1) is 0 Å². The summed E-state index contributed by atoms with van der Waals surface area (Å²) in [5, 5.41) is 1.51. The second-order valence-corrected chi connectivity index (χ2v) is 9.17. The molecule has 162 valence electrons. The Balaban J connectivity index is 1.23. The van der Waals surface area contributed by atoms with Gasteiger partial charge < -0.3 is 14.2 Å². The number of benzene rings is 1. The second kappa shape index (κ2) is 10.0. The van der Waals surface area contributed by atoms with Crippen LogP contribution in [0.5, 0.6) is 5.75 Å². The number of piperidine rings is 1. The monoisotopic (exact) mass is 436 g/mol. The van der Waals surface area contributed by atoms with Gasteiger partial charge in [0.15, 0.2) is 5.16 Å². The molecule has 0 atom stereocenters. The Hall–Kier alpha value is -2.80. The maximum Gasteiger partial charge on any atom is 0.415 e. The third-order valence-corrected chi connectivity index (χ3v) is 7.06. The predicted molar refractivity (Wildman–Crippen MR) is 123 cm³/mol. The summed E-state index contributed by atoms with van der Waals surface area (Å²) >= 11 is 1.79. The van der Waals surface area contributed by atoms with Crippen molar-refractivity contribution in [3.63, 3.8) is 0 Å². The van der Waals surface area contributed by atoms with E-state index in [1.165, 1.54) is 11.1 Å². The molecular formula is C24H28N4O2S. The van der Waals surface area contributed by atoms with E-state index >= 15 is 0 Å². The number of rotatable bonds is 6. The molecule has 31 heavy (non-hydrogen) atoms. The largest absolute Gasteiger partial charge is 0.415 e. The molecule has 0 radical (unpaired) electrons. The summed E-state index contributed by atoms with van der Waals surface area (Å²) in [6, 6.07) is 11.9. The van der Waals surface area contributed by atoms with E-state index in [0.717, 1.165) is 36.5 Å². The summed E-state index contributed by atoms with van der Waals surface area (Å²) in [5.41, 5.74) is 3.55. The molecule has 0 N–H and O–H groups in total. The van der Waals surface area contributed by atoms with Gasteiger partial charge in [0.2, 0.25) is 0 Å². The average molecular weight is 437 g/mol. The van der Waals surface area contributed by atoms with Gasteiger partial charge in [0.1, 0.15) is 5.75 Å². The number of carbonyl (C=O) groups is 1. The van der Waals surface area contributed by atoms with Gasteiger partial charge >= 0.3 is 6.09 Å². The van der Waals surface area contributed by atoms with Crippen LogP contribution in [0.2, 0.25) is 0 Å². The van der Waals surface area contributed by atoms with Crippen molar-refractivity contribution in [2.24, 2.45) is 7.05 Å². The number of hydrogen-bond donors (Lipinski definition) is 0. The third-order valence-electron chi connectivity index (χ3n) is 5.65. The Kier molecular flexibility index (Phi) is 6.92. The molecule has 0 spiro atoms. The van der Waals surface area contributed by atoms with Gasteiger partial charge in [0.25, 0.3) is 0 Å². The van der Waals surface area contributed by atoms with Crippen LogP contribution in [0.25, 0.3) is 0 Å². The van der Waals surface area contributed by atoms with Gasteiger partial charge in [-0.05, 0) is 61.9 Å². The number of amides is 1. The van der Waals surface area contributed by atoms with Crippen LogP contribution in [0.3, 0.4) is 0 Å². The van der Waals surface area contributed by atoms with Crippen LogP contribution >= 0.6 is 11.8 Å². The highest BCUT2D eigenvalue weighted by atomic mass is 32.2. The van der Waals surface area contributed by atoms with Crippen LogP contribution in [-0.2, 0) is 19.9 Å². The number of hydrogen-bond acceptors (Lipinski definition) is 5. The van der Waals surface area contributed by atoms with Crippen molar-refractivity contribution in [2.75, 3.05) is 13.1 Å². The van der Waals surface area contributed by atoms with E-state index in [9.17, 15) is 4.79 Å². The fraction of sp³-hybridized carbons (Fsp3) is 0.375. The summed E-state index contributed by atoms with van der Waals surface area (Å²) in [6.45, 7) is 3.51. The normalized spacial score (nSPS) is 14.6. The molecule has 0 saturated carbocycles. The lowest BCUT2D eigenvalue weighted by atomic mass is 10.1. The molecule has 7 heteroatoms. The quantitative estimate of drug-likeness (QED) is 0.562. The third kappa shape index (κ3) is 5.67. The molecule has 1 saturated heterocycles. The van der Waals surface area contributed by atoms with Gasteiger partial charge in [-0.1, -0.05) is 30.0 Å². The first-order valence-corrected chi connectivity index (χ1v) is 11.6. The minimum Gasteiger partial charge on any atom is -0.410 e. The molecule has 3 aromatic rings. The van der Waals surface area contributed by atoms with Gasteiger partial charge in [-0.3, -0.25) is 4.98 Å². The lowest BCUT2D eigenvalue weighted by Crippen LogP contribution is -2.40. The van der Waals surface area contributed by atoms with Crippen molar-refractivity contribution in [1.29, 1.82) is 0 Å². The smallest absolute Gasteiger partial charge is 0.410 e. The standard InChI is InChI=1S/C24H28N4O2S/c1-18-4-3-13-25-22(18)10-7-19-5-8-20(9-6-19)30-24(29)28-15-11-21(12-16-28)31-23-26-14-17-27(23)2/h3-6,8-9,13-14,17,21H,7,10-12,15-16H2,1-2H3. The maximum absolute atomic E-state index is 12.6. The molecule has 0 unspecified atom stereocenters. The molecule has 2 aromatic heterocycles. The molecule has 1 aromatic carbocycles. The van der Waals surface area contributed by atoms with E-state index in [4.69, 9.17) is 4.74 Å². The predicted octanol–water partition coefficient (Wildman–Crippen LogP) is 4.66. The van der Waals surface area contributed by atoms with Gasteiger partial charge in [-0.15, -0.1) is 0 Å². The number of likely N-dealkylation sites (tertiary alicyclic amines) is 1. The lowest BCUT2D eigenvalue weighted by Gasteiger charge is -2.30. The second-order valence-electron chi connectivity index (χ2n) is 7.90. The highest BCUT2D eigenvalue weighted by molar-refractivity contribution is 7.99. The molecule has 1 fully saturated rings. The molecule has 0 bridgehead atoms. The molecule has 4 rings (SSSR count). The molecule has 1 aliphatic rings. The van der Waals surface area contributed by atoms with E-state index in [0.29, 0.717) is 24.1 Å². The van der Waals surface area contributed by atoms with Crippen molar-refractivity contribution in [1.82, 2.24) is 19.4 Å². The number of imidazole rings is 1. The summed E-state index contributed by atoms with van der Waals surface area (Å²) in [4.78, 5) is 23.2. The number of thioether (sulfide) groups is 1. The van der Waals surface area contributed by atoms with Gasteiger partial charge in [-0.25, -0.2) is 9.78 Å². The van der Waals surface area contributed by atoms with Crippen LogP contribution in [0, 0.1) is 6.92 Å². The molecular weight excluding hydrogens is 408 g/mol. The van der Waals surface area contributed by atoms with Gasteiger partial charge in [-0.2, -0.15) is 0 Å². The summed E-state index contributed by atoms with van der Waals surface area (Å²) in [5.74, 6) is 0.590. The summed E-state index contributed by atoms with van der Waals surface area (Å²) in [7, 11) is 2.01. The molecule has 0 aliphatic carbocycles. The first kappa shape index (κ1) is 21.4. The fourth-order valence-corrected chi connectivity index (χ4v) is 4.80. The van der Waals surface area contributed by atoms with E-state index in [1.807, 2.05) is 60.5 Å². The van der Waals surface area contributed by atoms with Crippen LogP contribution in [-0.4, -0.2) is 43.9 Å². The number of nitrogens with zero attached hydrogens (tertiary/aromatic N) is 4. The Morgan fingerprint density at radius 3 is 2.55 bits per heavy atom. The number of pyridine rings is 1. The van der Waals surface area contributed by atoms with E-state index < -0.39 is 0 Å². The zero-order chi connectivity index (χ0) is 21.6. The summed E-state index contributed by atoms with van der Waals surface area (Å²) < 4.78 is 7.64. The van der Waals surface area contributed by atoms with Crippen LogP contribution < -0.4 is 4.74 Å². The van der Waals surface area contributed by atoms with Crippen molar-refractivity contribution < 1.29 is 9.53 Å². The topological polar surface area (TPSA) is 60.2 Å². The Morgan fingerprint density at radius 2 is 1.87 bits per heavy atom. The minimum atomic E-state index is -0.266. The number of aromatic nitrogens is 3. The van der Waals surface area contributed by atoms with E-state index in [-0.39, 0.29) is 6.09 Å². The number of ether oxygens (including phenoxy) is 1. The Labute approximate surface area is 187 Å². The van der Waals surface area contributed by atoms with E-state index in [2.05, 4.69) is 23.0 Å². The van der Waals surface area contributed by atoms with Gasteiger partial charge in [0, 0.05) is 49.7 Å². The number of carbonyl (C=O) groups excluding carboxylic acids is 1. The maximum atomic E-state index is 12.6. The fourth-order valence-electron chi connectivity index (χ4n) is 3.70. The van der Waals surface area contributed by atoms with Crippen LogP contribution in [0.1, 0.15) is 29.7 Å². The zero-order valence-electron chi connectivity index (χ0n) is 18.0. The SMILES string of the molecule is Cc1cccnc1CCc1ccc(OC(=O)N2CCC(Sc3nccn3C)CC2)cc1. The Morgan fingerprint density at radius 1 is 1.10 bits per heavy atom. The zero-order valence-corrected chi connectivity index (χ0v) is 18.8. The first-order valence-electron chi connectivity index (χ1n) is 10.7. The molecule has 1 amide bonds. The van der Waals surface area contributed by atoms with Crippen molar-refractivity contribution >= 4 is 17.9 Å². The van der Waals surface area contributed by atoms with E-state index in [1.54, 1.807) is 16.7 Å². The van der Waals surface area contributed by atoms with Crippen molar-refractivity contribution in [2.45, 2.75) is 43.0 Å². The highest BCUT2D eigenvalue weighted by Gasteiger charge is 2.25. The van der Waals surface area contributed by atoms with Crippen molar-refractivity contribution in [3.05, 3.63) is 71.8 Å². The van der Waals surface area contributed by atoms with Crippen molar-refractivity contribution in [3.8, 4) is 5.75 Å².